The highest BCUT2D eigenvalue weighted by molar-refractivity contribution is 7.09. The van der Waals surface area contributed by atoms with Crippen molar-refractivity contribution in [2.24, 2.45) is 5.92 Å². The van der Waals surface area contributed by atoms with Gasteiger partial charge < -0.3 is 4.90 Å². The highest BCUT2D eigenvalue weighted by Crippen LogP contribution is 2.25. The van der Waals surface area contributed by atoms with Crippen molar-refractivity contribution >= 4 is 17.2 Å². The smallest absolute Gasteiger partial charge is 0.226 e. The van der Waals surface area contributed by atoms with Crippen molar-refractivity contribution in [3.8, 4) is 0 Å². The van der Waals surface area contributed by atoms with Gasteiger partial charge in [0.25, 0.3) is 0 Å². The first kappa shape index (κ1) is 11.4. The lowest BCUT2D eigenvalue weighted by molar-refractivity contribution is -0.132. The molecule has 1 saturated heterocycles. The second kappa shape index (κ2) is 4.83. The van der Waals surface area contributed by atoms with Crippen molar-refractivity contribution in [2.45, 2.75) is 26.2 Å². The Morgan fingerprint density at radius 1 is 1.56 bits per heavy atom. The molecule has 1 unspecified atom stereocenters. The van der Waals surface area contributed by atoms with Crippen molar-refractivity contribution < 1.29 is 4.79 Å². The van der Waals surface area contributed by atoms with E-state index in [1.165, 1.54) is 4.88 Å². The summed E-state index contributed by atoms with van der Waals surface area (Å²) in [4.78, 5) is 15.0. The van der Waals surface area contributed by atoms with Crippen LogP contribution >= 0.6 is 11.3 Å². The van der Waals surface area contributed by atoms with Gasteiger partial charge >= 0.3 is 0 Å². The molecule has 1 atom stereocenters. The molecule has 0 spiro atoms. The topological polar surface area (TPSA) is 20.3 Å². The van der Waals surface area contributed by atoms with Crippen LogP contribution in [-0.2, 0) is 11.2 Å². The molecule has 0 bridgehead atoms. The number of carbonyl (C=O) groups excluding carboxylic acids is 1. The Balaban J connectivity index is 1.93. The van der Waals surface area contributed by atoms with E-state index in [2.05, 4.69) is 31.0 Å². The van der Waals surface area contributed by atoms with Crippen molar-refractivity contribution in [1.29, 1.82) is 0 Å². The second-order valence-electron chi connectivity index (χ2n) is 4.45. The standard InChI is InChI=1S/C13H17NOS/c1-10-8-11(2)14(13(15)9-10)6-5-12-4-3-7-16-12/h3-4,7,10H,2,5-6,8-9H2,1H3. The summed E-state index contributed by atoms with van der Waals surface area (Å²) < 4.78 is 0. The van der Waals surface area contributed by atoms with Crippen LogP contribution in [0.15, 0.2) is 29.8 Å². The minimum absolute atomic E-state index is 0.236. The van der Waals surface area contributed by atoms with Crippen LogP contribution in [0.4, 0.5) is 0 Å². The molecule has 2 nitrogen and oxygen atoms in total. The minimum Gasteiger partial charge on any atom is -0.316 e. The molecule has 1 aliphatic rings. The second-order valence-corrected chi connectivity index (χ2v) is 5.49. The maximum atomic E-state index is 11.8. The van der Waals surface area contributed by atoms with Crippen LogP contribution in [0.2, 0.25) is 0 Å². The number of hydrogen-bond acceptors (Lipinski definition) is 2. The van der Waals surface area contributed by atoms with Crippen molar-refractivity contribution in [1.82, 2.24) is 4.90 Å². The molecule has 1 aliphatic heterocycles. The molecule has 0 saturated carbocycles. The van der Waals surface area contributed by atoms with Gasteiger partial charge in [-0.15, -0.1) is 11.3 Å². The number of rotatable bonds is 3. The van der Waals surface area contributed by atoms with Crippen LogP contribution in [-0.4, -0.2) is 17.4 Å². The van der Waals surface area contributed by atoms with Gasteiger partial charge in [0, 0.05) is 23.5 Å². The van der Waals surface area contributed by atoms with Crippen LogP contribution in [0.1, 0.15) is 24.6 Å². The maximum Gasteiger partial charge on any atom is 0.226 e. The Hall–Kier alpha value is -1.09. The highest BCUT2D eigenvalue weighted by atomic mass is 32.1. The van der Waals surface area contributed by atoms with E-state index in [1.807, 2.05) is 4.90 Å². The van der Waals surface area contributed by atoms with Crippen LogP contribution in [0.25, 0.3) is 0 Å². The van der Waals surface area contributed by atoms with E-state index in [4.69, 9.17) is 0 Å². The van der Waals surface area contributed by atoms with Gasteiger partial charge in [-0.3, -0.25) is 4.79 Å². The summed E-state index contributed by atoms with van der Waals surface area (Å²) in [6, 6.07) is 4.17. The molecular weight excluding hydrogens is 218 g/mol. The lowest BCUT2D eigenvalue weighted by Crippen LogP contribution is -2.37. The molecular formula is C13H17NOS. The Morgan fingerprint density at radius 2 is 2.38 bits per heavy atom. The van der Waals surface area contributed by atoms with E-state index < -0.39 is 0 Å². The van der Waals surface area contributed by atoms with Crippen molar-refractivity contribution in [2.75, 3.05) is 6.54 Å². The largest absolute Gasteiger partial charge is 0.316 e. The monoisotopic (exact) mass is 235 g/mol. The van der Waals surface area contributed by atoms with Crippen LogP contribution in [0.5, 0.6) is 0 Å². The molecule has 2 rings (SSSR count). The molecule has 1 fully saturated rings. The Morgan fingerprint density at radius 3 is 3.00 bits per heavy atom. The van der Waals surface area contributed by atoms with Gasteiger partial charge in [-0.25, -0.2) is 0 Å². The molecule has 0 N–H and O–H groups in total. The molecule has 0 aliphatic carbocycles. The fourth-order valence-corrected chi connectivity index (χ4v) is 2.83. The average molecular weight is 235 g/mol. The van der Waals surface area contributed by atoms with E-state index in [9.17, 15) is 4.79 Å². The Kier molecular flexibility index (Phi) is 3.44. The van der Waals surface area contributed by atoms with E-state index in [0.29, 0.717) is 12.3 Å². The molecule has 0 radical (unpaired) electrons. The van der Waals surface area contributed by atoms with Gasteiger partial charge in [0.2, 0.25) is 5.91 Å². The van der Waals surface area contributed by atoms with Crippen molar-refractivity contribution in [3.05, 3.63) is 34.7 Å². The third-order valence-electron chi connectivity index (χ3n) is 2.95. The first-order valence-corrected chi connectivity index (χ1v) is 6.55. The summed E-state index contributed by atoms with van der Waals surface area (Å²) >= 11 is 1.75. The van der Waals surface area contributed by atoms with Gasteiger partial charge in [0.15, 0.2) is 0 Å². The first-order valence-electron chi connectivity index (χ1n) is 5.67. The summed E-state index contributed by atoms with van der Waals surface area (Å²) in [5.74, 6) is 0.693. The predicted octanol–water partition coefficient (Wildman–Crippen LogP) is 3.06. The zero-order valence-electron chi connectivity index (χ0n) is 9.61. The third kappa shape index (κ3) is 2.53. The molecule has 16 heavy (non-hydrogen) atoms. The predicted molar refractivity (Wildman–Crippen MR) is 67.3 cm³/mol. The maximum absolute atomic E-state index is 11.8. The summed E-state index contributed by atoms with van der Waals surface area (Å²) in [5.41, 5.74) is 0.986. The summed E-state index contributed by atoms with van der Waals surface area (Å²) in [5, 5.41) is 2.07. The van der Waals surface area contributed by atoms with E-state index in [1.54, 1.807) is 11.3 Å². The molecule has 1 aromatic heterocycles. The summed E-state index contributed by atoms with van der Waals surface area (Å²) in [6.45, 7) is 6.90. The number of carbonyl (C=O) groups is 1. The third-order valence-corrected chi connectivity index (χ3v) is 3.89. The molecule has 3 heteroatoms. The molecule has 1 amide bonds. The minimum atomic E-state index is 0.236. The SMILES string of the molecule is C=C1CC(C)CC(=O)N1CCc1cccs1. The van der Waals surface area contributed by atoms with Gasteiger partial charge in [-0.1, -0.05) is 19.6 Å². The van der Waals surface area contributed by atoms with E-state index in [-0.39, 0.29) is 5.91 Å². The number of amides is 1. The summed E-state index contributed by atoms with van der Waals surface area (Å²) in [7, 11) is 0. The molecule has 1 aromatic rings. The lowest BCUT2D eigenvalue weighted by Gasteiger charge is -2.32. The number of thiophene rings is 1. The molecule has 2 heterocycles. The fourth-order valence-electron chi connectivity index (χ4n) is 2.13. The number of hydrogen-bond donors (Lipinski definition) is 0. The van der Waals surface area contributed by atoms with Gasteiger partial charge in [-0.05, 0) is 30.2 Å². The number of piperidine rings is 1. The van der Waals surface area contributed by atoms with Crippen LogP contribution in [0.3, 0.4) is 0 Å². The van der Waals surface area contributed by atoms with Gasteiger partial charge in [-0.2, -0.15) is 0 Å². The zero-order valence-corrected chi connectivity index (χ0v) is 10.4. The fraction of sp³-hybridized carbons (Fsp3) is 0.462. The lowest BCUT2D eigenvalue weighted by atomic mass is 9.96. The average Bonchev–Trinajstić information content (AvgIpc) is 2.68. The quantitative estimate of drug-likeness (QED) is 0.788. The van der Waals surface area contributed by atoms with E-state index >= 15 is 0 Å². The van der Waals surface area contributed by atoms with Crippen LogP contribution < -0.4 is 0 Å². The molecule has 86 valence electrons. The van der Waals surface area contributed by atoms with Gasteiger partial charge in [0.1, 0.15) is 0 Å². The number of nitrogens with zero attached hydrogens (tertiary/aromatic N) is 1. The number of allylic oxidation sites excluding steroid dienone is 1. The van der Waals surface area contributed by atoms with Gasteiger partial charge in [0.05, 0.1) is 0 Å². The molecule has 0 aromatic carbocycles. The van der Waals surface area contributed by atoms with Crippen molar-refractivity contribution in [3.63, 3.8) is 0 Å². The normalized spacial score (nSPS) is 21.6. The summed E-state index contributed by atoms with van der Waals surface area (Å²) in [6.07, 6.45) is 2.57. The first-order chi connectivity index (χ1) is 7.66. The zero-order chi connectivity index (χ0) is 11.5. The van der Waals surface area contributed by atoms with E-state index in [0.717, 1.165) is 25.1 Å². The number of likely N-dealkylation sites (tertiary alicyclic amines) is 1. The Bertz CT molecular complexity index is 365. The van der Waals surface area contributed by atoms with Crippen LogP contribution in [0, 0.1) is 5.92 Å². The Labute approximate surface area is 101 Å². The highest BCUT2D eigenvalue weighted by Gasteiger charge is 2.25.